The van der Waals surface area contributed by atoms with E-state index in [4.69, 9.17) is 5.21 Å². The largest absolute Gasteiger partial charge is 0.506 e. The van der Waals surface area contributed by atoms with E-state index >= 15 is 0 Å². The summed E-state index contributed by atoms with van der Waals surface area (Å²) in [7, 11) is 0. The number of aromatic nitrogens is 1. The highest BCUT2D eigenvalue weighted by molar-refractivity contribution is 6.05. The van der Waals surface area contributed by atoms with Gasteiger partial charge in [0.05, 0.1) is 11.2 Å². The fraction of sp³-hybridized carbons (Fsp3) is 0.0588. The number of pyridine rings is 1. The van der Waals surface area contributed by atoms with Gasteiger partial charge < -0.3 is 10.3 Å². The molecule has 0 aliphatic heterocycles. The van der Waals surface area contributed by atoms with Gasteiger partial charge in [0.15, 0.2) is 0 Å². The van der Waals surface area contributed by atoms with Crippen molar-refractivity contribution in [2.24, 2.45) is 5.16 Å². The first-order valence-corrected chi connectivity index (χ1v) is 6.76. The molecule has 0 bridgehead atoms. The summed E-state index contributed by atoms with van der Waals surface area (Å²) in [5.41, 5.74) is 0.891. The Balaban J connectivity index is 2.54. The molecule has 0 saturated heterocycles. The third-order valence-corrected chi connectivity index (χ3v) is 3.58. The highest BCUT2D eigenvalue weighted by Crippen LogP contribution is 2.28. The Hall–Kier alpha value is -3.08. The monoisotopic (exact) mass is 294 g/mol. The van der Waals surface area contributed by atoms with Gasteiger partial charge in [0.25, 0.3) is 5.56 Å². The van der Waals surface area contributed by atoms with Gasteiger partial charge in [0.2, 0.25) is 0 Å². The van der Waals surface area contributed by atoms with E-state index in [1.807, 2.05) is 18.2 Å². The Morgan fingerprint density at radius 1 is 1.05 bits per heavy atom. The van der Waals surface area contributed by atoms with Crippen LogP contribution in [-0.2, 0) is 0 Å². The van der Waals surface area contributed by atoms with Gasteiger partial charge >= 0.3 is 0 Å². The first-order valence-electron chi connectivity index (χ1n) is 6.76. The SMILES string of the molecule is C/C(=N/O)c1c(O)c2ccccc2n(-c2ccccc2)c1=O. The quantitative estimate of drug-likeness (QED) is 0.433. The van der Waals surface area contributed by atoms with Gasteiger partial charge in [-0.15, -0.1) is 0 Å². The van der Waals surface area contributed by atoms with E-state index in [1.54, 1.807) is 36.4 Å². The zero-order valence-electron chi connectivity index (χ0n) is 11.9. The highest BCUT2D eigenvalue weighted by Gasteiger charge is 2.19. The smallest absolute Gasteiger partial charge is 0.268 e. The number of oxime groups is 1. The molecule has 0 saturated carbocycles. The van der Waals surface area contributed by atoms with Crippen molar-refractivity contribution in [1.82, 2.24) is 4.57 Å². The Morgan fingerprint density at radius 3 is 2.36 bits per heavy atom. The zero-order valence-corrected chi connectivity index (χ0v) is 11.9. The summed E-state index contributed by atoms with van der Waals surface area (Å²) in [4.78, 5) is 12.8. The zero-order chi connectivity index (χ0) is 15.7. The van der Waals surface area contributed by atoms with Crippen molar-refractivity contribution < 1.29 is 10.3 Å². The van der Waals surface area contributed by atoms with Crippen LogP contribution in [0.1, 0.15) is 12.5 Å². The van der Waals surface area contributed by atoms with Crippen LogP contribution < -0.4 is 5.56 Å². The molecule has 2 N–H and O–H groups in total. The molecule has 3 rings (SSSR count). The third kappa shape index (κ3) is 2.03. The van der Waals surface area contributed by atoms with E-state index < -0.39 is 5.56 Å². The number of para-hydroxylation sites is 2. The summed E-state index contributed by atoms with van der Waals surface area (Å²) in [5.74, 6) is -0.178. The molecule has 0 amide bonds. The Bertz CT molecular complexity index is 928. The number of rotatable bonds is 2. The van der Waals surface area contributed by atoms with Crippen LogP contribution in [-0.4, -0.2) is 20.6 Å². The maximum absolute atomic E-state index is 12.8. The van der Waals surface area contributed by atoms with Gasteiger partial charge in [-0.1, -0.05) is 35.5 Å². The average molecular weight is 294 g/mol. The van der Waals surface area contributed by atoms with Crippen LogP contribution in [0.15, 0.2) is 64.5 Å². The summed E-state index contributed by atoms with van der Waals surface area (Å²) >= 11 is 0. The van der Waals surface area contributed by atoms with E-state index in [0.29, 0.717) is 16.6 Å². The van der Waals surface area contributed by atoms with Crippen molar-refractivity contribution in [3.63, 3.8) is 0 Å². The number of aromatic hydroxyl groups is 1. The van der Waals surface area contributed by atoms with Crippen LogP contribution in [0.2, 0.25) is 0 Å². The van der Waals surface area contributed by atoms with Crippen molar-refractivity contribution in [2.75, 3.05) is 0 Å². The Kier molecular flexibility index (Phi) is 3.39. The molecule has 2 aromatic carbocycles. The van der Waals surface area contributed by atoms with Gasteiger partial charge in [0, 0.05) is 11.1 Å². The number of hydrogen-bond acceptors (Lipinski definition) is 4. The van der Waals surface area contributed by atoms with Crippen molar-refractivity contribution in [1.29, 1.82) is 0 Å². The molecule has 0 aliphatic rings. The van der Waals surface area contributed by atoms with Gasteiger partial charge in [-0.05, 0) is 31.2 Å². The van der Waals surface area contributed by atoms with Gasteiger partial charge in [-0.2, -0.15) is 0 Å². The molecular weight excluding hydrogens is 280 g/mol. The van der Waals surface area contributed by atoms with Crippen LogP contribution >= 0.6 is 0 Å². The lowest BCUT2D eigenvalue weighted by Gasteiger charge is -2.14. The minimum absolute atomic E-state index is 0.00921. The molecule has 0 aliphatic carbocycles. The van der Waals surface area contributed by atoms with Crippen LogP contribution in [0.5, 0.6) is 5.75 Å². The Labute approximate surface area is 126 Å². The molecule has 22 heavy (non-hydrogen) atoms. The standard InChI is InChI=1S/C17H14N2O3/c1-11(18-22)15-16(20)13-9-5-6-10-14(13)19(17(15)21)12-7-3-2-4-8-12/h2-10,20,22H,1H3/b18-11-. The van der Waals surface area contributed by atoms with Crippen molar-refractivity contribution >= 4 is 16.6 Å². The van der Waals surface area contributed by atoms with E-state index in [-0.39, 0.29) is 17.0 Å². The first-order chi connectivity index (χ1) is 10.6. The van der Waals surface area contributed by atoms with E-state index in [9.17, 15) is 9.90 Å². The molecule has 0 unspecified atom stereocenters. The van der Waals surface area contributed by atoms with Crippen LogP contribution in [0.3, 0.4) is 0 Å². The lowest BCUT2D eigenvalue weighted by atomic mass is 10.1. The van der Waals surface area contributed by atoms with Gasteiger partial charge in [-0.3, -0.25) is 9.36 Å². The maximum atomic E-state index is 12.8. The average Bonchev–Trinajstić information content (AvgIpc) is 2.56. The maximum Gasteiger partial charge on any atom is 0.268 e. The molecule has 0 atom stereocenters. The summed E-state index contributed by atoms with van der Waals surface area (Å²) in [6, 6.07) is 16.2. The second-order valence-corrected chi connectivity index (χ2v) is 4.90. The van der Waals surface area contributed by atoms with Gasteiger partial charge in [0.1, 0.15) is 11.3 Å². The molecular formula is C17H14N2O3. The second kappa shape index (κ2) is 5.37. The summed E-state index contributed by atoms with van der Waals surface area (Å²) < 4.78 is 1.50. The predicted octanol–water partition coefficient (Wildman–Crippen LogP) is 2.89. The number of fused-ring (bicyclic) bond motifs is 1. The molecule has 5 heteroatoms. The highest BCUT2D eigenvalue weighted by atomic mass is 16.4. The Morgan fingerprint density at radius 2 is 1.68 bits per heavy atom. The lowest BCUT2D eigenvalue weighted by molar-refractivity contribution is 0.318. The van der Waals surface area contributed by atoms with E-state index in [0.717, 1.165) is 0 Å². The molecule has 0 radical (unpaired) electrons. The predicted molar refractivity (Wildman–Crippen MR) is 85.2 cm³/mol. The van der Waals surface area contributed by atoms with Crippen molar-refractivity contribution in [3.8, 4) is 11.4 Å². The summed E-state index contributed by atoms with van der Waals surface area (Å²) in [5, 5.41) is 23.0. The van der Waals surface area contributed by atoms with Crippen LogP contribution in [0.4, 0.5) is 0 Å². The lowest BCUT2D eigenvalue weighted by Crippen LogP contribution is -2.25. The number of benzene rings is 2. The summed E-state index contributed by atoms with van der Waals surface area (Å²) in [6.45, 7) is 1.47. The van der Waals surface area contributed by atoms with E-state index in [1.165, 1.54) is 11.5 Å². The van der Waals surface area contributed by atoms with Gasteiger partial charge in [-0.25, -0.2) is 0 Å². The van der Waals surface area contributed by atoms with Crippen LogP contribution in [0.25, 0.3) is 16.6 Å². The minimum Gasteiger partial charge on any atom is -0.506 e. The molecule has 5 nitrogen and oxygen atoms in total. The minimum atomic E-state index is -0.433. The molecule has 1 aromatic heterocycles. The van der Waals surface area contributed by atoms with E-state index in [2.05, 4.69) is 5.16 Å². The van der Waals surface area contributed by atoms with Crippen molar-refractivity contribution in [3.05, 3.63) is 70.5 Å². The molecule has 1 heterocycles. The molecule has 0 spiro atoms. The normalized spacial score (nSPS) is 11.8. The molecule has 3 aromatic rings. The number of nitrogens with zero attached hydrogens (tertiary/aromatic N) is 2. The third-order valence-electron chi connectivity index (χ3n) is 3.58. The topological polar surface area (TPSA) is 74.8 Å². The number of hydrogen-bond donors (Lipinski definition) is 2. The van der Waals surface area contributed by atoms with Crippen molar-refractivity contribution in [2.45, 2.75) is 6.92 Å². The van der Waals surface area contributed by atoms with Crippen LogP contribution in [0, 0.1) is 0 Å². The molecule has 0 fully saturated rings. The fourth-order valence-electron chi connectivity index (χ4n) is 2.54. The first kappa shape index (κ1) is 13.9. The second-order valence-electron chi connectivity index (χ2n) is 4.90. The summed E-state index contributed by atoms with van der Waals surface area (Å²) in [6.07, 6.45) is 0. The molecule has 110 valence electrons. The fourth-order valence-corrected chi connectivity index (χ4v) is 2.54.